The average molecular weight is 496 g/mol. The molecule has 0 radical (unpaired) electrons. The molecule has 0 aliphatic rings. The molecular formula is C28H37N3O3S. The predicted molar refractivity (Wildman–Crippen MR) is 140 cm³/mol. The van der Waals surface area contributed by atoms with E-state index < -0.39 is 10.0 Å². The van der Waals surface area contributed by atoms with Crippen molar-refractivity contribution in [2.75, 3.05) is 13.1 Å². The van der Waals surface area contributed by atoms with Crippen molar-refractivity contribution in [3.63, 3.8) is 0 Å². The monoisotopic (exact) mass is 495 g/mol. The highest BCUT2D eigenvalue weighted by Gasteiger charge is 2.29. The second kappa shape index (κ2) is 11.2. The fraction of sp³-hybridized carbons (Fsp3) is 0.393. The molecule has 1 heterocycles. The van der Waals surface area contributed by atoms with Crippen LogP contribution in [-0.4, -0.2) is 41.2 Å². The lowest BCUT2D eigenvalue weighted by atomic mass is 9.87. The number of amides is 1. The molecule has 2 aromatic carbocycles. The summed E-state index contributed by atoms with van der Waals surface area (Å²) in [6.45, 7) is 9.07. The predicted octanol–water partition coefficient (Wildman–Crippen LogP) is 4.95. The summed E-state index contributed by atoms with van der Waals surface area (Å²) in [5.74, 6) is -0.224. The Kier molecular flexibility index (Phi) is 8.56. The van der Waals surface area contributed by atoms with E-state index in [0.717, 1.165) is 16.8 Å². The van der Waals surface area contributed by atoms with Gasteiger partial charge in [-0.05, 0) is 47.2 Å². The molecule has 0 N–H and O–H groups in total. The molecule has 188 valence electrons. The molecule has 0 bridgehead atoms. The number of nitrogens with zero attached hydrogens (tertiary/aromatic N) is 3. The number of carbonyl (C=O) groups excluding carboxylic acids is 1. The third-order valence-electron chi connectivity index (χ3n) is 6.12. The number of hydrogen-bond acceptors (Lipinski definition) is 3. The normalized spacial score (nSPS) is 12.2. The Labute approximate surface area is 210 Å². The summed E-state index contributed by atoms with van der Waals surface area (Å²) < 4.78 is 30.3. The Morgan fingerprint density at radius 2 is 1.57 bits per heavy atom. The van der Waals surface area contributed by atoms with Gasteiger partial charge in [0.05, 0.1) is 18.0 Å². The summed E-state index contributed by atoms with van der Waals surface area (Å²) in [6.07, 6.45) is 2.55. The first-order valence-electron chi connectivity index (χ1n) is 12.0. The molecule has 0 atom stereocenters. The third kappa shape index (κ3) is 6.83. The van der Waals surface area contributed by atoms with Crippen molar-refractivity contribution in [3.8, 4) is 0 Å². The number of carbonyl (C=O) groups is 1. The Morgan fingerprint density at radius 3 is 2.11 bits per heavy atom. The van der Waals surface area contributed by atoms with Crippen LogP contribution in [0.3, 0.4) is 0 Å². The lowest BCUT2D eigenvalue weighted by Crippen LogP contribution is -2.43. The number of rotatable bonds is 10. The fourth-order valence-electron chi connectivity index (χ4n) is 3.95. The first-order chi connectivity index (χ1) is 16.5. The summed E-state index contributed by atoms with van der Waals surface area (Å²) in [6, 6.07) is 20.7. The van der Waals surface area contributed by atoms with Gasteiger partial charge in [0, 0.05) is 32.0 Å². The minimum absolute atomic E-state index is 0.0732. The molecule has 35 heavy (non-hydrogen) atoms. The summed E-state index contributed by atoms with van der Waals surface area (Å²) in [5, 5.41) is 0. The summed E-state index contributed by atoms with van der Waals surface area (Å²) >= 11 is 0. The van der Waals surface area contributed by atoms with Crippen LogP contribution in [0.1, 0.15) is 50.9 Å². The molecule has 0 spiro atoms. The zero-order valence-electron chi connectivity index (χ0n) is 21.4. The van der Waals surface area contributed by atoms with Crippen LogP contribution in [0.5, 0.6) is 0 Å². The van der Waals surface area contributed by atoms with Crippen molar-refractivity contribution < 1.29 is 13.2 Å². The first-order valence-corrected chi connectivity index (χ1v) is 13.5. The highest BCUT2D eigenvalue weighted by atomic mass is 32.2. The molecule has 0 saturated heterocycles. The first kappa shape index (κ1) is 26.7. The minimum atomic E-state index is -3.82. The maximum Gasteiger partial charge on any atom is 0.243 e. The van der Waals surface area contributed by atoms with Crippen molar-refractivity contribution >= 4 is 15.9 Å². The zero-order valence-corrected chi connectivity index (χ0v) is 22.3. The van der Waals surface area contributed by atoms with E-state index in [1.54, 1.807) is 17.0 Å². The fourth-order valence-corrected chi connectivity index (χ4v) is 5.43. The Bertz CT molecular complexity index is 1210. The topological polar surface area (TPSA) is 62.6 Å². The van der Waals surface area contributed by atoms with E-state index in [1.165, 1.54) is 4.31 Å². The van der Waals surface area contributed by atoms with Gasteiger partial charge < -0.3 is 9.47 Å². The largest absolute Gasteiger partial charge is 0.353 e. The van der Waals surface area contributed by atoms with Crippen LogP contribution in [0.4, 0.5) is 0 Å². The minimum Gasteiger partial charge on any atom is -0.353 e. The van der Waals surface area contributed by atoms with Crippen molar-refractivity contribution in [2.24, 2.45) is 7.05 Å². The van der Waals surface area contributed by atoms with Crippen LogP contribution < -0.4 is 0 Å². The molecule has 0 unspecified atom stereocenters. The van der Waals surface area contributed by atoms with Gasteiger partial charge in [0.25, 0.3) is 0 Å². The molecule has 0 aliphatic carbocycles. The molecule has 0 saturated carbocycles. The van der Waals surface area contributed by atoms with Gasteiger partial charge in [-0.3, -0.25) is 4.79 Å². The van der Waals surface area contributed by atoms with Gasteiger partial charge in [-0.25, -0.2) is 8.42 Å². The van der Waals surface area contributed by atoms with E-state index in [9.17, 15) is 13.2 Å². The van der Waals surface area contributed by atoms with Crippen molar-refractivity contribution in [2.45, 2.75) is 57.5 Å². The lowest BCUT2D eigenvalue weighted by Gasteiger charge is -2.28. The van der Waals surface area contributed by atoms with Crippen molar-refractivity contribution in [1.29, 1.82) is 0 Å². The quantitative estimate of drug-likeness (QED) is 0.400. The smallest absolute Gasteiger partial charge is 0.243 e. The number of benzene rings is 2. The number of aryl methyl sites for hydroxylation is 1. The third-order valence-corrected chi connectivity index (χ3v) is 7.98. The molecule has 0 aliphatic heterocycles. The van der Waals surface area contributed by atoms with E-state index in [4.69, 9.17) is 0 Å². The summed E-state index contributed by atoms with van der Waals surface area (Å²) in [7, 11) is -1.88. The van der Waals surface area contributed by atoms with Gasteiger partial charge >= 0.3 is 0 Å². The number of hydrogen-bond donors (Lipinski definition) is 0. The van der Waals surface area contributed by atoms with Gasteiger partial charge in [0.1, 0.15) is 0 Å². The highest BCUT2D eigenvalue weighted by Crippen LogP contribution is 2.25. The average Bonchev–Trinajstić information content (AvgIpc) is 3.22. The maximum atomic E-state index is 13.5. The SMILES string of the molecule is CCCN(CC(=O)N(Cc1ccccc1)Cc1cccn1C)S(=O)(=O)c1ccc(C(C)(C)C)cc1. The van der Waals surface area contributed by atoms with E-state index >= 15 is 0 Å². The molecule has 6 nitrogen and oxygen atoms in total. The van der Waals surface area contributed by atoms with Crippen molar-refractivity contribution in [3.05, 3.63) is 89.7 Å². The van der Waals surface area contributed by atoms with E-state index in [1.807, 2.05) is 79.3 Å². The second-order valence-corrected chi connectivity index (χ2v) is 11.9. The summed E-state index contributed by atoms with van der Waals surface area (Å²) in [4.78, 5) is 15.5. The second-order valence-electron chi connectivity index (χ2n) is 9.96. The van der Waals surface area contributed by atoms with Crippen LogP contribution in [-0.2, 0) is 40.4 Å². The Hall–Kier alpha value is -2.90. The maximum absolute atomic E-state index is 13.5. The van der Waals surface area contributed by atoms with Gasteiger partial charge in [-0.15, -0.1) is 0 Å². The summed E-state index contributed by atoms with van der Waals surface area (Å²) in [5.41, 5.74) is 2.97. The van der Waals surface area contributed by atoms with Gasteiger partial charge in [-0.1, -0.05) is 70.2 Å². The molecule has 1 aromatic heterocycles. The molecule has 0 fully saturated rings. The van der Waals surface area contributed by atoms with E-state index in [0.29, 0.717) is 19.5 Å². The lowest BCUT2D eigenvalue weighted by molar-refractivity contribution is -0.132. The number of aromatic nitrogens is 1. The van der Waals surface area contributed by atoms with E-state index in [2.05, 4.69) is 20.8 Å². The Morgan fingerprint density at radius 1 is 0.914 bits per heavy atom. The van der Waals surface area contributed by atoms with Crippen LogP contribution in [0.2, 0.25) is 0 Å². The molecule has 7 heteroatoms. The molecule has 1 amide bonds. The van der Waals surface area contributed by atoms with Crippen LogP contribution in [0.15, 0.2) is 77.8 Å². The number of sulfonamides is 1. The van der Waals surface area contributed by atoms with Gasteiger partial charge in [0.15, 0.2) is 0 Å². The Balaban J connectivity index is 1.86. The van der Waals surface area contributed by atoms with E-state index in [-0.39, 0.29) is 29.3 Å². The van der Waals surface area contributed by atoms with Crippen LogP contribution in [0, 0.1) is 0 Å². The van der Waals surface area contributed by atoms with Crippen LogP contribution >= 0.6 is 0 Å². The molecule has 3 rings (SSSR count). The zero-order chi connectivity index (χ0) is 25.6. The van der Waals surface area contributed by atoms with Crippen LogP contribution in [0.25, 0.3) is 0 Å². The standard InChI is InChI=1S/C28H37N3O3S/c1-6-18-31(35(33,34)26-16-14-24(15-17-26)28(2,3)4)22-27(32)30(20-23-11-8-7-9-12-23)21-25-13-10-19-29(25)5/h7-17,19H,6,18,20-22H2,1-5H3. The van der Waals surface area contributed by atoms with Crippen molar-refractivity contribution in [1.82, 2.24) is 13.8 Å². The van der Waals surface area contributed by atoms with Gasteiger partial charge in [0.2, 0.25) is 15.9 Å². The molecule has 3 aromatic rings. The van der Waals surface area contributed by atoms with Gasteiger partial charge in [-0.2, -0.15) is 4.31 Å². The highest BCUT2D eigenvalue weighted by molar-refractivity contribution is 7.89. The molecular weight excluding hydrogens is 458 g/mol.